The number of aryl methyl sites for hydroxylation is 1. The van der Waals surface area contributed by atoms with E-state index in [2.05, 4.69) is 36.5 Å². The van der Waals surface area contributed by atoms with Crippen LogP contribution < -0.4 is 15.8 Å². The van der Waals surface area contributed by atoms with E-state index in [1.807, 2.05) is 0 Å². The second-order valence-electron chi connectivity index (χ2n) is 6.43. The molecule has 3 aromatic rings. The lowest BCUT2D eigenvalue weighted by molar-refractivity contribution is 0.0954. The van der Waals surface area contributed by atoms with E-state index in [1.165, 1.54) is 10.5 Å². The summed E-state index contributed by atoms with van der Waals surface area (Å²) in [5, 5.41) is 2.92. The molecule has 0 bridgehead atoms. The van der Waals surface area contributed by atoms with Crippen LogP contribution in [0.15, 0.2) is 77.7 Å². The summed E-state index contributed by atoms with van der Waals surface area (Å²) in [6, 6.07) is 21.8. The SMILES string of the molecule is Cc1ccc(SCCNC(=O)c2ccc(Oc3ccc(C(N)=O)cc3)cc2)cc1. The zero-order valence-electron chi connectivity index (χ0n) is 16.1. The predicted octanol–water partition coefficient (Wildman–Crippen LogP) is 4.41. The Morgan fingerprint density at radius 3 is 1.97 bits per heavy atom. The Hall–Kier alpha value is -3.25. The largest absolute Gasteiger partial charge is 0.457 e. The Morgan fingerprint density at radius 2 is 1.41 bits per heavy atom. The van der Waals surface area contributed by atoms with Gasteiger partial charge in [-0.25, -0.2) is 0 Å². The minimum absolute atomic E-state index is 0.119. The first-order valence-corrected chi connectivity index (χ1v) is 10.2. The second-order valence-corrected chi connectivity index (χ2v) is 7.60. The molecule has 0 radical (unpaired) electrons. The highest BCUT2D eigenvalue weighted by molar-refractivity contribution is 7.99. The number of thioether (sulfide) groups is 1. The number of carbonyl (C=O) groups excluding carboxylic acids is 2. The van der Waals surface area contributed by atoms with Crippen LogP contribution in [-0.2, 0) is 0 Å². The number of amides is 2. The summed E-state index contributed by atoms with van der Waals surface area (Å²) in [5.74, 6) is 1.39. The highest BCUT2D eigenvalue weighted by atomic mass is 32.2. The summed E-state index contributed by atoms with van der Waals surface area (Å²) in [6.07, 6.45) is 0. The Kier molecular flexibility index (Phi) is 6.92. The van der Waals surface area contributed by atoms with Crippen molar-refractivity contribution < 1.29 is 14.3 Å². The average molecular weight is 407 g/mol. The van der Waals surface area contributed by atoms with Crippen molar-refractivity contribution in [3.05, 3.63) is 89.5 Å². The van der Waals surface area contributed by atoms with Crippen molar-refractivity contribution in [3.63, 3.8) is 0 Å². The smallest absolute Gasteiger partial charge is 0.251 e. The van der Waals surface area contributed by atoms with Crippen molar-refractivity contribution >= 4 is 23.6 Å². The first-order chi connectivity index (χ1) is 14.0. The van der Waals surface area contributed by atoms with Gasteiger partial charge in [0.25, 0.3) is 5.91 Å². The van der Waals surface area contributed by atoms with Gasteiger partial charge in [-0.2, -0.15) is 0 Å². The van der Waals surface area contributed by atoms with Crippen molar-refractivity contribution in [1.29, 1.82) is 0 Å². The monoisotopic (exact) mass is 406 g/mol. The van der Waals surface area contributed by atoms with Crippen molar-refractivity contribution in [2.45, 2.75) is 11.8 Å². The lowest BCUT2D eigenvalue weighted by atomic mass is 10.2. The molecule has 148 valence electrons. The van der Waals surface area contributed by atoms with Gasteiger partial charge >= 0.3 is 0 Å². The number of primary amides is 1. The third-order valence-corrected chi connectivity index (χ3v) is 5.18. The fourth-order valence-corrected chi connectivity index (χ4v) is 3.34. The molecule has 0 heterocycles. The second kappa shape index (κ2) is 9.80. The van der Waals surface area contributed by atoms with Gasteiger partial charge < -0.3 is 15.8 Å². The fraction of sp³-hybridized carbons (Fsp3) is 0.130. The molecule has 6 heteroatoms. The van der Waals surface area contributed by atoms with E-state index >= 15 is 0 Å². The zero-order valence-corrected chi connectivity index (χ0v) is 16.9. The van der Waals surface area contributed by atoms with Crippen LogP contribution in [-0.4, -0.2) is 24.1 Å². The fourth-order valence-electron chi connectivity index (χ4n) is 2.57. The van der Waals surface area contributed by atoms with Gasteiger partial charge in [0.05, 0.1) is 0 Å². The van der Waals surface area contributed by atoms with Gasteiger partial charge in [-0.05, 0) is 67.6 Å². The molecule has 0 saturated heterocycles. The van der Waals surface area contributed by atoms with Gasteiger partial charge in [-0.3, -0.25) is 9.59 Å². The molecule has 0 aromatic heterocycles. The third kappa shape index (κ3) is 6.12. The standard InChI is InChI=1S/C23H22N2O3S/c1-16-2-12-21(13-3-16)29-15-14-25-23(27)18-6-10-20(11-7-18)28-19-8-4-17(5-9-19)22(24)26/h2-13H,14-15H2,1H3,(H2,24,26)(H,25,27). The maximum absolute atomic E-state index is 12.3. The van der Waals surface area contributed by atoms with E-state index in [9.17, 15) is 9.59 Å². The van der Waals surface area contributed by atoms with Crippen molar-refractivity contribution in [1.82, 2.24) is 5.32 Å². The van der Waals surface area contributed by atoms with E-state index in [4.69, 9.17) is 10.5 Å². The molecule has 2 amide bonds. The Labute approximate surface area is 174 Å². The molecule has 3 rings (SSSR count). The lowest BCUT2D eigenvalue weighted by Crippen LogP contribution is -2.25. The van der Waals surface area contributed by atoms with Crippen LogP contribution in [0.25, 0.3) is 0 Å². The third-order valence-electron chi connectivity index (χ3n) is 4.17. The van der Waals surface area contributed by atoms with Crippen molar-refractivity contribution in [2.75, 3.05) is 12.3 Å². The molecule has 0 aliphatic rings. The molecule has 5 nitrogen and oxygen atoms in total. The number of hydrogen-bond donors (Lipinski definition) is 2. The maximum Gasteiger partial charge on any atom is 0.251 e. The molecule has 0 atom stereocenters. The number of hydrogen-bond acceptors (Lipinski definition) is 4. The van der Waals surface area contributed by atoms with Gasteiger partial charge in [0.1, 0.15) is 11.5 Å². The lowest BCUT2D eigenvalue weighted by Gasteiger charge is -2.08. The Bertz CT molecular complexity index is 969. The minimum atomic E-state index is -0.482. The molecule has 0 unspecified atom stereocenters. The molecule has 0 spiro atoms. The minimum Gasteiger partial charge on any atom is -0.457 e. The molecular formula is C23H22N2O3S. The molecular weight excluding hydrogens is 384 g/mol. The van der Waals surface area contributed by atoms with Crippen molar-refractivity contribution in [3.8, 4) is 11.5 Å². The molecule has 0 fully saturated rings. The van der Waals surface area contributed by atoms with Crippen LogP contribution in [0.3, 0.4) is 0 Å². The zero-order chi connectivity index (χ0) is 20.6. The molecule has 3 N–H and O–H groups in total. The first kappa shape index (κ1) is 20.5. The number of ether oxygens (including phenoxy) is 1. The Balaban J connectivity index is 1.46. The summed E-state index contributed by atoms with van der Waals surface area (Å²) in [6.45, 7) is 2.65. The first-order valence-electron chi connectivity index (χ1n) is 9.17. The number of carbonyl (C=O) groups is 2. The summed E-state index contributed by atoms with van der Waals surface area (Å²) < 4.78 is 5.72. The number of rotatable bonds is 8. The molecule has 0 aliphatic carbocycles. The van der Waals surface area contributed by atoms with E-state index in [-0.39, 0.29) is 5.91 Å². The van der Waals surface area contributed by atoms with Gasteiger partial charge in [0, 0.05) is 28.3 Å². The van der Waals surface area contributed by atoms with E-state index < -0.39 is 5.91 Å². The number of nitrogens with two attached hydrogens (primary N) is 1. The van der Waals surface area contributed by atoms with Crippen LogP contribution in [0.4, 0.5) is 0 Å². The van der Waals surface area contributed by atoms with Crippen LogP contribution >= 0.6 is 11.8 Å². The quantitative estimate of drug-likeness (QED) is 0.429. The highest BCUT2D eigenvalue weighted by Crippen LogP contribution is 2.22. The summed E-state index contributed by atoms with van der Waals surface area (Å²) in [5.41, 5.74) is 7.45. The van der Waals surface area contributed by atoms with Crippen LogP contribution in [0, 0.1) is 6.92 Å². The van der Waals surface area contributed by atoms with Crippen LogP contribution in [0.5, 0.6) is 11.5 Å². The molecule has 0 aliphatic heterocycles. The number of benzene rings is 3. The van der Waals surface area contributed by atoms with E-state index in [0.29, 0.717) is 29.2 Å². The topological polar surface area (TPSA) is 81.4 Å². The van der Waals surface area contributed by atoms with Gasteiger partial charge in [-0.1, -0.05) is 17.7 Å². The van der Waals surface area contributed by atoms with Gasteiger partial charge in [0.15, 0.2) is 0 Å². The average Bonchev–Trinajstić information content (AvgIpc) is 2.73. The molecule has 29 heavy (non-hydrogen) atoms. The maximum atomic E-state index is 12.3. The van der Waals surface area contributed by atoms with Crippen LogP contribution in [0.1, 0.15) is 26.3 Å². The molecule has 0 saturated carbocycles. The summed E-state index contributed by atoms with van der Waals surface area (Å²) in [7, 11) is 0. The normalized spacial score (nSPS) is 10.4. The number of nitrogens with one attached hydrogen (secondary N) is 1. The van der Waals surface area contributed by atoms with E-state index in [0.717, 1.165) is 5.75 Å². The molecule has 3 aromatic carbocycles. The summed E-state index contributed by atoms with van der Waals surface area (Å²) in [4.78, 5) is 24.5. The predicted molar refractivity (Wildman–Crippen MR) is 116 cm³/mol. The van der Waals surface area contributed by atoms with Crippen molar-refractivity contribution in [2.24, 2.45) is 5.73 Å². The van der Waals surface area contributed by atoms with Gasteiger partial charge in [0.2, 0.25) is 5.91 Å². The summed E-state index contributed by atoms with van der Waals surface area (Å²) >= 11 is 1.71. The van der Waals surface area contributed by atoms with E-state index in [1.54, 1.807) is 60.3 Å². The Morgan fingerprint density at radius 1 is 0.862 bits per heavy atom. The van der Waals surface area contributed by atoms with Gasteiger partial charge in [-0.15, -0.1) is 11.8 Å². The van der Waals surface area contributed by atoms with Crippen LogP contribution in [0.2, 0.25) is 0 Å². The highest BCUT2D eigenvalue weighted by Gasteiger charge is 2.06.